The molecule has 1 atom stereocenters. The third-order valence-electron chi connectivity index (χ3n) is 4.45. The number of hydrogen-bond donors (Lipinski definition) is 1. The van der Waals surface area contributed by atoms with Gasteiger partial charge in [-0.2, -0.15) is 0 Å². The van der Waals surface area contributed by atoms with Crippen molar-refractivity contribution in [2.45, 2.75) is 71.6 Å². The Hall–Kier alpha value is -0.530. The zero-order valence-corrected chi connectivity index (χ0v) is 11.5. The molecule has 0 saturated heterocycles. The Labute approximate surface area is 106 Å². The van der Waals surface area contributed by atoms with Crippen LogP contribution in [-0.4, -0.2) is 11.1 Å². The minimum absolute atomic E-state index is 0.143. The summed E-state index contributed by atoms with van der Waals surface area (Å²) in [6, 6.07) is 0. The summed E-state index contributed by atoms with van der Waals surface area (Å²) in [5.41, 5.74) is 0. The van der Waals surface area contributed by atoms with Crippen molar-refractivity contribution in [1.82, 2.24) is 0 Å². The molecule has 1 saturated carbocycles. The van der Waals surface area contributed by atoms with Gasteiger partial charge in [0.25, 0.3) is 0 Å². The maximum atomic E-state index is 10.9. The van der Waals surface area contributed by atoms with Crippen molar-refractivity contribution in [1.29, 1.82) is 0 Å². The van der Waals surface area contributed by atoms with Crippen molar-refractivity contribution in [3.8, 4) is 0 Å². The van der Waals surface area contributed by atoms with E-state index in [1.54, 1.807) is 0 Å². The van der Waals surface area contributed by atoms with Crippen LogP contribution in [0.4, 0.5) is 0 Å². The Kier molecular flexibility index (Phi) is 6.61. The second-order valence-electron chi connectivity index (χ2n) is 5.76. The van der Waals surface area contributed by atoms with Gasteiger partial charge in [-0.15, -0.1) is 0 Å². The van der Waals surface area contributed by atoms with Gasteiger partial charge in [-0.25, -0.2) is 0 Å². The fourth-order valence-electron chi connectivity index (χ4n) is 3.04. The highest BCUT2D eigenvalue weighted by molar-refractivity contribution is 5.69. The first-order valence-corrected chi connectivity index (χ1v) is 7.38. The van der Waals surface area contributed by atoms with E-state index in [9.17, 15) is 4.79 Å². The van der Waals surface area contributed by atoms with Crippen LogP contribution in [0.3, 0.4) is 0 Å². The van der Waals surface area contributed by atoms with Crippen molar-refractivity contribution >= 4 is 5.97 Å². The van der Waals surface area contributed by atoms with Gasteiger partial charge in [-0.3, -0.25) is 4.79 Å². The standard InChI is InChI=1S/C15H28O2/c1-3-4-5-6-7-13-8-10-14(11-9-13)12(2)15(16)17/h12-14H,3-11H2,1-2H3,(H,16,17). The van der Waals surface area contributed by atoms with Gasteiger partial charge < -0.3 is 5.11 Å². The fourth-order valence-corrected chi connectivity index (χ4v) is 3.04. The Balaban J connectivity index is 2.15. The molecule has 0 aliphatic heterocycles. The molecule has 1 aliphatic rings. The van der Waals surface area contributed by atoms with Crippen LogP contribution in [0.1, 0.15) is 71.6 Å². The second kappa shape index (κ2) is 7.73. The van der Waals surface area contributed by atoms with Gasteiger partial charge in [0.2, 0.25) is 0 Å². The van der Waals surface area contributed by atoms with Crippen molar-refractivity contribution in [3.05, 3.63) is 0 Å². The first-order chi connectivity index (χ1) is 8.15. The van der Waals surface area contributed by atoms with Crippen molar-refractivity contribution in [2.75, 3.05) is 0 Å². The number of aliphatic carboxylic acids is 1. The molecule has 0 aromatic carbocycles. The van der Waals surface area contributed by atoms with E-state index in [4.69, 9.17) is 5.11 Å². The Bertz CT molecular complexity index is 217. The topological polar surface area (TPSA) is 37.3 Å². The normalized spacial score (nSPS) is 26.7. The zero-order valence-electron chi connectivity index (χ0n) is 11.5. The summed E-state index contributed by atoms with van der Waals surface area (Å²) in [6.07, 6.45) is 11.6. The molecule has 2 nitrogen and oxygen atoms in total. The van der Waals surface area contributed by atoms with Crippen LogP contribution in [0.5, 0.6) is 0 Å². The molecule has 0 radical (unpaired) electrons. The van der Waals surface area contributed by atoms with Crippen LogP contribution >= 0.6 is 0 Å². The van der Waals surface area contributed by atoms with Crippen LogP contribution in [0.25, 0.3) is 0 Å². The molecule has 0 aromatic heterocycles. The largest absolute Gasteiger partial charge is 0.481 e. The number of carbonyl (C=O) groups is 1. The van der Waals surface area contributed by atoms with E-state index in [2.05, 4.69) is 6.92 Å². The minimum atomic E-state index is -0.614. The lowest BCUT2D eigenvalue weighted by Gasteiger charge is -2.30. The molecule has 0 bridgehead atoms. The third-order valence-corrected chi connectivity index (χ3v) is 4.45. The summed E-state index contributed by atoms with van der Waals surface area (Å²) in [5, 5.41) is 9.00. The highest BCUT2D eigenvalue weighted by Gasteiger charge is 2.28. The average molecular weight is 240 g/mol. The Morgan fingerprint density at radius 2 is 1.82 bits per heavy atom. The SMILES string of the molecule is CCCCCCC1CCC(C(C)C(=O)O)CC1. The molecule has 1 rings (SSSR count). The predicted molar refractivity (Wildman–Crippen MR) is 71.0 cm³/mol. The van der Waals surface area contributed by atoms with Gasteiger partial charge in [0, 0.05) is 0 Å². The van der Waals surface area contributed by atoms with Gasteiger partial charge >= 0.3 is 5.97 Å². The van der Waals surface area contributed by atoms with E-state index in [0.717, 1.165) is 18.8 Å². The van der Waals surface area contributed by atoms with Crippen molar-refractivity contribution in [3.63, 3.8) is 0 Å². The molecule has 100 valence electrons. The predicted octanol–water partition coefficient (Wildman–Crippen LogP) is 4.48. The Morgan fingerprint density at radius 1 is 1.18 bits per heavy atom. The monoisotopic (exact) mass is 240 g/mol. The lowest BCUT2D eigenvalue weighted by molar-refractivity contribution is -0.143. The molecule has 2 heteroatoms. The lowest BCUT2D eigenvalue weighted by atomic mass is 9.75. The molecule has 17 heavy (non-hydrogen) atoms. The van der Waals surface area contributed by atoms with E-state index < -0.39 is 5.97 Å². The van der Waals surface area contributed by atoms with E-state index in [1.807, 2.05) is 6.92 Å². The van der Waals surface area contributed by atoms with Gasteiger partial charge in [0.15, 0.2) is 0 Å². The van der Waals surface area contributed by atoms with Crippen LogP contribution < -0.4 is 0 Å². The van der Waals surface area contributed by atoms with Gasteiger partial charge in [-0.05, 0) is 24.7 Å². The summed E-state index contributed by atoms with van der Waals surface area (Å²) >= 11 is 0. The quantitative estimate of drug-likeness (QED) is 0.666. The fraction of sp³-hybridized carbons (Fsp3) is 0.933. The Morgan fingerprint density at radius 3 is 2.35 bits per heavy atom. The highest BCUT2D eigenvalue weighted by Crippen LogP contribution is 2.35. The highest BCUT2D eigenvalue weighted by atomic mass is 16.4. The number of carboxylic acid groups (broad SMARTS) is 1. The van der Waals surface area contributed by atoms with E-state index in [1.165, 1.54) is 44.9 Å². The van der Waals surface area contributed by atoms with Crippen LogP contribution in [0.15, 0.2) is 0 Å². The molecule has 1 fully saturated rings. The molecule has 1 unspecified atom stereocenters. The summed E-state index contributed by atoms with van der Waals surface area (Å²) in [7, 11) is 0. The van der Waals surface area contributed by atoms with Crippen LogP contribution in [0, 0.1) is 17.8 Å². The van der Waals surface area contributed by atoms with E-state index in [0.29, 0.717) is 5.92 Å². The minimum Gasteiger partial charge on any atom is -0.481 e. The van der Waals surface area contributed by atoms with Crippen LogP contribution in [-0.2, 0) is 4.79 Å². The van der Waals surface area contributed by atoms with Gasteiger partial charge in [-0.1, -0.05) is 58.8 Å². The molecule has 0 heterocycles. The number of hydrogen-bond acceptors (Lipinski definition) is 1. The average Bonchev–Trinajstić information content (AvgIpc) is 2.34. The molecule has 1 aliphatic carbocycles. The summed E-state index contributed by atoms with van der Waals surface area (Å²) in [4.78, 5) is 10.9. The van der Waals surface area contributed by atoms with Crippen molar-refractivity contribution < 1.29 is 9.90 Å². The third kappa shape index (κ3) is 5.10. The zero-order chi connectivity index (χ0) is 12.7. The summed E-state index contributed by atoms with van der Waals surface area (Å²) in [6.45, 7) is 4.12. The van der Waals surface area contributed by atoms with Crippen LogP contribution in [0.2, 0.25) is 0 Å². The van der Waals surface area contributed by atoms with E-state index >= 15 is 0 Å². The van der Waals surface area contributed by atoms with Gasteiger partial charge in [0.1, 0.15) is 0 Å². The lowest BCUT2D eigenvalue weighted by Crippen LogP contribution is -2.25. The molecule has 1 N–H and O–H groups in total. The van der Waals surface area contributed by atoms with Crippen molar-refractivity contribution in [2.24, 2.45) is 17.8 Å². The maximum absolute atomic E-state index is 10.9. The molecule has 0 spiro atoms. The molecule has 0 amide bonds. The molecular weight excluding hydrogens is 212 g/mol. The maximum Gasteiger partial charge on any atom is 0.306 e. The smallest absolute Gasteiger partial charge is 0.306 e. The number of unbranched alkanes of at least 4 members (excludes halogenated alkanes) is 3. The summed E-state index contributed by atoms with van der Waals surface area (Å²) < 4.78 is 0. The first-order valence-electron chi connectivity index (χ1n) is 7.38. The second-order valence-corrected chi connectivity index (χ2v) is 5.76. The van der Waals surface area contributed by atoms with Gasteiger partial charge in [0.05, 0.1) is 5.92 Å². The number of carboxylic acids is 1. The number of rotatable bonds is 7. The molecule has 0 aromatic rings. The first kappa shape index (κ1) is 14.5. The van der Waals surface area contributed by atoms with E-state index in [-0.39, 0.29) is 5.92 Å². The molecular formula is C15H28O2. The summed E-state index contributed by atoms with van der Waals surface area (Å²) in [5.74, 6) is 0.552.